The molecule has 0 aromatic heterocycles. The standard InChI is InChI=1S/C17H14ClF3N4OS/c1-10(26)23-13-5-2-11(3-6-13)9-22-25-16(27)24-15-8-12(17(19,20)21)4-7-14(15)18/h2-9H,1H3,(H,23,26)(H2,24,25,27). The van der Waals surface area contributed by atoms with Gasteiger partial charge in [0.05, 0.1) is 22.5 Å². The third kappa shape index (κ3) is 6.54. The Bertz CT molecular complexity index is 869. The molecule has 0 aliphatic rings. The number of hydrogen-bond donors (Lipinski definition) is 3. The molecule has 0 bridgehead atoms. The summed E-state index contributed by atoms with van der Waals surface area (Å²) in [7, 11) is 0. The van der Waals surface area contributed by atoms with Crippen LogP contribution in [0.1, 0.15) is 18.1 Å². The van der Waals surface area contributed by atoms with Crippen LogP contribution in [0.5, 0.6) is 0 Å². The van der Waals surface area contributed by atoms with Gasteiger partial charge in [-0.1, -0.05) is 23.7 Å². The second-order valence-electron chi connectivity index (χ2n) is 5.32. The summed E-state index contributed by atoms with van der Waals surface area (Å²) in [6.07, 6.45) is -3.03. The molecule has 0 aliphatic heterocycles. The molecule has 0 saturated carbocycles. The lowest BCUT2D eigenvalue weighted by Crippen LogP contribution is -2.24. The first-order valence-electron chi connectivity index (χ1n) is 7.49. The number of hydrogen-bond acceptors (Lipinski definition) is 3. The van der Waals surface area contributed by atoms with E-state index in [1.165, 1.54) is 13.1 Å². The first kappa shape index (κ1) is 20.7. The Morgan fingerprint density at radius 3 is 2.41 bits per heavy atom. The van der Waals surface area contributed by atoms with Gasteiger partial charge in [-0.05, 0) is 48.1 Å². The Hall–Kier alpha value is -2.65. The Labute approximate surface area is 163 Å². The molecule has 2 rings (SSSR count). The van der Waals surface area contributed by atoms with Gasteiger partial charge >= 0.3 is 6.18 Å². The van der Waals surface area contributed by atoms with E-state index in [1.807, 2.05) is 0 Å². The quantitative estimate of drug-likeness (QED) is 0.387. The molecule has 0 fully saturated rings. The molecule has 3 N–H and O–H groups in total. The predicted octanol–water partition coefficient (Wildman–Crippen LogP) is 4.64. The summed E-state index contributed by atoms with van der Waals surface area (Å²) in [5.41, 5.74) is 3.02. The number of rotatable bonds is 4. The Kier molecular flexibility index (Phi) is 6.75. The van der Waals surface area contributed by atoms with E-state index in [-0.39, 0.29) is 21.7 Å². The van der Waals surface area contributed by atoms with Crippen molar-refractivity contribution in [2.75, 3.05) is 10.6 Å². The molecule has 0 atom stereocenters. The van der Waals surface area contributed by atoms with E-state index >= 15 is 0 Å². The molecule has 0 unspecified atom stereocenters. The summed E-state index contributed by atoms with van der Waals surface area (Å²) in [6, 6.07) is 9.71. The zero-order chi connectivity index (χ0) is 20.0. The summed E-state index contributed by atoms with van der Waals surface area (Å²) in [5, 5.41) is 9.16. The van der Waals surface area contributed by atoms with Crippen molar-refractivity contribution in [3.05, 3.63) is 58.6 Å². The molecule has 10 heteroatoms. The van der Waals surface area contributed by atoms with Gasteiger partial charge in [0.15, 0.2) is 5.11 Å². The van der Waals surface area contributed by atoms with Gasteiger partial charge < -0.3 is 10.6 Å². The monoisotopic (exact) mass is 414 g/mol. The van der Waals surface area contributed by atoms with Crippen molar-refractivity contribution < 1.29 is 18.0 Å². The molecular weight excluding hydrogens is 401 g/mol. The minimum Gasteiger partial charge on any atom is -0.330 e. The van der Waals surface area contributed by atoms with Gasteiger partial charge in [0.1, 0.15) is 0 Å². The van der Waals surface area contributed by atoms with Gasteiger partial charge in [0.2, 0.25) is 5.91 Å². The van der Waals surface area contributed by atoms with Gasteiger partial charge in [-0.25, -0.2) is 0 Å². The van der Waals surface area contributed by atoms with Gasteiger partial charge in [-0.15, -0.1) is 0 Å². The molecule has 1 amide bonds. The molecule has 2 aromatic carbocycles. The zero-order valence-electron chi connectivity index (χ0n) is 13.9. The van der Waals surface area contributed by atoms with Crippen molar-refractivity contribution in [1.29, 1.82) is 0 Å². The van der Waals surface area contributed by atoms with Crippen molar-refractivity contribution in [3.8, 4) is 0 Å². The topological polar surface area (TPSA) is 65.5 Å². The average Bonchev–Trinajstić information content (AvgIpc) is 2.57. The normalized spacial score (nSPS) is 11.3. The van der Waals surface area contributed by atoms with Crippen molar-refractivity contribution in [2.45, 2.75) is 13.1 Å². The first-order chi connectivity index (χ1) is 12.6. The molecule has 2 aromatic rings. The Balaban J connectivity index is 1.96. The van der Waals surface area contributed by atoms with Crippen molar-refractivity contribution in [2.24, 2.45) is 5.10 Å². The maximum atomic E-state index is 12.8. The van der Waals surface area contributed by atoms with Crippen molar-refractivity contribution in [3.63, 3.8) is 0 Å². The zero-order valence-corrected chi connectivity index (χ0v) is 15.5. The second kappa shape index (κ2) is 8.83. The second-order valence-corrected chi connectivity index (χ2v) is 6.14. The SMILES string of the molecule is CC(=O)Nc1ccc(C=NNC(=S)Nc2cc(C(F)(F)F)ccc2Cl)cc1. The minimum absolute atomic E-state index is 0.0128. The number of thiocarbonyl (C=S) groups is 1. The fourth-order valence-corrected chi connectivity index (χ4v) is 2.30. The van der Waals surface area contributed by atoms with E-state index in [1.54, 1.807) is 24.3 Å². The number of benzene rings is 2. The number of nitrogens with zero attached hydrogens (tertiary/aromatic N) is 1. The summed E-state index contributed by atoms with van der Waals surface area (Å²) >= 11 is 10.9. The molecule has 142 valence electrons. The lowest BCUT2D eigenvalue weighted by atomic mass is 10.2. The molecule has 0 aliphatic carbocycles. The molecule has 0 saturated heterocycles. The van der Waals surface area contributed by atoms with Crippen LogP contribution in [0.15, 0.2) is 47.6 Å². The highest BCUT2D eigenvalue weighted by atomic mass is 35.5. The number of anilines is 2. The van der Waals surface area contributed by atoms with Gasteiger partial charge in [-0.2, -0.15) is 18.3 Å². The third-order valence-electron chi connectivity index (χ3n) is 3.15. The van der Waals surface area contributed by atoms with Crippen LogP contribution in [0.3, 0.4) is 0 Å². The number of hydrazone groups is 1. The number of carbonyl (C=O) groups is 1. The van der Waals surface area contributed by atoms with E-state index in [0.717, 1.165) is 23.8 Å². The van der Waals surface area contributed by atoms with Crippen LogP contribution in [0.4, 0.5) is 24.5 Å². The Morgan fingerprint density at radius 2 is 1.81 bits per heavy atom. The predicted molar refractivity (Wildman–Crippen MR) is 104 cm³/mol. The summed E-state index contributed by atoms with van der Waals surface area (Å²) < 4.78 is 38.3. The number of halogens is 4. The smallest absolute Gasteiger partial charge is 0.330 e. The lowest BCUT2D eigenvalue weighted by Gasteiger charge is -2.12. The summed E-state index contributed by atoms with van der Waals surface area (Å²) in [4.78, 5) is 11.0. The molecular formula is C17H14ClF3N4OS. The van der Waals surface area contributed by atoms with Gasteiger partial charge in [-0.3, -0.25) is 10.2 Å². The van der Waals surface area contributed by atoms with Crippen LogP contribution < -0.4 is 16.1 Å². The highest BCUT2D eigenvalue weighted by Crippen LogP contribution is 2.33. The fraction of sp³-hybridized carbons (Fsp3) is 0.118. The molecule has 0 spiro atoms. The average molecular weight is 415 g/mol. The number of alkyl halides is 3. The third-order valence-corrected chi connectivity index (χ3v) is 3.68. The number of carbonyl (C=O) groups excluding carboxylic acids is 1. The van der Waals surface area contributed by atoms with E-state index in [9.17, 15) is 18.0 Å². The van der Waals surface area contributed by atoms with Crippen LogP contribution in [0.2, 0.25) is 5.02 Å². The first-order valence-corrected chi connectivity index (χ1v) is 8.28. The number of amides is 1. The van der Waals surface area contributed by atoms with Crippen LogP contribution in [0.25, 0.3) is 0 Å². The van der Waals surface area contributed by atoms with E-state index in [0.29, 0.717) is 5.69 Å². The maximum Gasteiger partial charge on any atom is 0.416 e. The minimum atomic E-state index is -4.49. The Morgan fingerprint density at radius 1 is 1.15 bits per heavy atom. The highest BCUT2D eigenvalue weighted by molar-refractivity contribution is 7.80. The largest absolute Gasteiger partial charge is 0.416 e. The van der Waals surface area contributed by atoms with Crippen molar-refractivity contribution >= 4 is 52.4 Å². The van der Waals surface area contributed by atoms with Crippen LogP contribution in [-0.4, -0.2) is 17.2 Å². The molecule has 5 nitrogen and oxygen atoms in total. The van der Waals surface area contributed by atoms with Crippen LogP contribution in [0, 0.1) is 0 Å². The summed E-state index contributed by atoms with van der Waals surface area (Å²) in [5.74, 6) is -0.178. The summed E-state index contributed by atoms with van der Waals surface area (Å²) in [6.45, 7) is 1.41. The van der Waals surface area contributed by atoms with Gasteiger partial charge in [0.25, 0.3) is 0 Å². The van der Waals surface area contributed by atoms with E-state index in [2.05, 4.69) is 21.2 Å². The molecule has 0 radical (unpaired) electrons. The van der Waals surface area contributed by atoms with Gasteiger partial charge in [0, 0.05) is 12.6 Å². The van der Waals surface area contributed by atoms with Crippen LogP contribution in [-0.2, 0) is 11.0 Å². The maximum absolute atomic E-state index is 12.8. The highest BCUT2D eigenvalue weighted by Gasteiger charge is 2.31. The van der Waals surface area contributed by atoms with E-state index in [4.69, 9.17) is 23.8 Å². The number of nitrogens with one attached hydrogen (secondary N) is 3. The molecule has 0 heterocycles. The molecule has 27 heavy (non-hydrogen) atoms. The fourth-order valence-electron chi connectivity index (χ4n) is 1.97. The lowest BCUT2D eigenvalue weighted by molar-refractivity contribution is -0.137. The van der Waals surface area contributed by atoms with E-state index < -0.39 is 11.7 Å². The van der Waals surface area contributed by atoms with Crippen LogP contribution >= 0.6 is 23.8 Å². The van der Waals surface area contributed by atoms with Crippen molar-refractivity contribution in [1.82, 2.24) is 5.43 Å².